The average Bonchev–Trinajstić information content (AvgIpc) is 2.81. The molecule has 0 fully saturated rings. The van der Waals surface area contributed by atoms with Gasteiger partial charge in [-0.2, -0.15) is 18.3 Å². The second-order valence-electron chi connectivity index (χ2n) is 5.15. The van der Waals surface area contributed by atoms with Crippen LogP contribution in [0.4, 0.5) is 13.2 Å². The van der Waals surface area contributed by atoms with Gasteiger partial charge < -0.3 is 0 Å². The SMILES string of the molecule is CCCCn1cc(CS(=O)(=O)CC=CCCC(F)(F)F)cn1. The zero-order valence-corrected chi connectivity index (χ0v) is 13.3. The number of sulfone groups is 1. The maximum atomic E-state index is 11.9. The number of aryl methyl sites for hydroxylation is 1. The maximum absolute atomic E-state index is 11.9. The third kappa shape index (κ3) is 8.21. The molecule has 0 bridgehead atoms. The van der Waals surface area contributed by atoms with Crippen LogP contribution in [0.5, 0.6) is 0 Å². The number of unbranched alkanes of at least 4 members (excludes halogenated alkanes) is 1. The summed E-state index contributed by atoms with van der Waals surface area (Å²) >= 11 is 0. The van der Waals surface area contributed by atoms with E-state index in [4.69, 9.17) is 0 Å². The molecule has 22 heavy (non-hydrogen) atoms. The second kappa shape index (κ2) is 8.36. The van der Waals surface area contributed by atoms with Gasteiger partial charge in [-0.15, -0.1) is 0 Å². The van der Waals surface area contributed by atoms with Gasteiger partial charge in [-0.25, -0.2) is 8.42 Å². The number of nitrogens with zero attached hydrogens (tertiary/aromatic N) is 2. The van der Waals surface area contributed by atoms with E-state index in [1.807, 2.05) is 0 Å². The van der Waals surface area contributed by atoms with Crippen molar-refractivity contribution < 1.29 is 21.6 Å². The van der Waals surface area contributed by atoms with Gasteiger partial charge in [0.15, 0.2) is 9.84 Å². The standard InChI is InChI=1S/C14H21F3N2O2S/c1-2-3-8-19-11-13(10-18-19)12-22(20,21)9-6-4-5-7-14(15,16)17/h4,6,10-11H,2-3,5,7-9,12H2,1H3. The normalized spacial score (nSPS) is 13.1. The van der Waals surface area contributed by atoms with Crippen molar-refractivity contribution in [2.24, 2.45) is 0 Å². The molecule has 1 rings (SSSR count). The Labute approximate surface area is 128 Å². The summed E-state index contributed by atoms with van der Waals surface area (Å²) in [5.74, 6) is -0.409. The molecule has 0 radical (unpaired) electrons. The van der Waals surface area contributed by atoms with Gasteiger partial charge in [0.05, 0.1) is 17.7 Å². The third-order valence-electron chi connectivity index (χ3n) is 2.93. The minimum atomic E-state index is -4.21. The molecule has 8 heteroatoms. The summed E-state index contributed by atoms with van der Waals surface area (Å²) in [4.78, 5) is 0. The molecule has 0 aliphatic heterocycles. The highest BCUT2D eigenvalue weighted by atomic mass is 32.2. The van der Waals surface area contributed by atoms with Crippen molar-refractivity contribution in [2.75, 3.05) is 5.75 Å². The van der Waals surface area contributed by atoms with Crippen molar-refractivity contribution in [2.45, 2.75) is 51.1 Å². The fourth-order valence-corrected chi connectivity index (χ4v) is 3.02. The Morgan fingerprint density at radius 2 is 2.05 bits per heavy atom. The van der Waals surface area contributed by atoms with Crippen LogP contribution in [0.3, 0.4) is 0 Å². The van der Waals surface area contributed by atoms with E-state index in [0.29, 0.717) is 5.56 Å². The predicted molar refractivity (Wildman–Crippen MR) is 79.1 cm³/mol. The topological polar surface area (TPSA) is 52.0 Å². The van der Waals surface area contributed by atoms with E-state index in [2.05, 4.69) is 12.0 Å². The summed E-state index contributed by atoms with van der Waals surface area (Å²) < 4.78 is 61.2. The van der Waals surface area contributed by atoms with Crippen LogP contribution in [0.2, 0.25) is 0 Å². The first kappa shape index (κ1) is 18.7. The lowest BCUT2D eigenvalue weighted by atomic mass is 10.3. The first-order chi connectivity index (χ1) is 10.2. The first-order valence-electron chi connectivity index (χ1n) is 7.15. The molecule has 0 saturated heterocycles. The number of alkyl halides is 3. The molecule has 1 aromatic rings. The van der Waals surface area contributed by atoms with Crippen LogP contribution in [-0.2, 0) is 22.1 Å². The van der Waals surface area contributed by atoms with Gasteiger partial charge in [-0.3, -0.25) is 4.68 Å². The largest absolute Gasteiger partial charge is 0.389 e. The Morgan fingerprint density at radius 1 is 1.32 bits per heavy atom. The van der Waals surface area contributed by atoms with E-state index in [-0.39, 0.29) is 17.9 Å². The van der Waals surface area contributed by atoms with Crippen molar-refractivity contribution >= 4 is 9.84 Å². The Balaban J connectivity index is 2.43. The van der Waals surface area contributed by atoms with Crippen molar-refractivity contribution in [1.82, 2.24) is 9.78 Å². The molecule has 1 heterocycles. The molecule has 0 aromatic carbocycles. The highest BCUT2D eigenvalue weighted by Crippen LogP contribution is 2.21. The van der Waals surface area contributed by atoms with Crippen LogP contribution in [0.15, 0.2) is 24.5 Å². The molecule has 0 aliphatic carbocycles. The Morgan fingerprint density at radius 3 is 2.68 bits per heavy atom. The maximum Gasteiger partial charge on any atom is 0.389 e. The van der Waals surface area contributed by atoms with Crippen LogP contribution < -0.4 is 0 Å². The van der Waals surface area contributed by atoms with Crippen molar-refractivity contribution in [1.29, 1.82) is 0 Å². The number of rotatable bonds is 9. The molecule has 0 unspecified atom stereocenters. The lowest BCUT2D eigenvalue weighted by Crippen LogP contribution is -2.08. The van der Waals surface area contributed by atoms with E-state index in [9.17, 15) is 21.6 Å². The summed E-state index contributed by atoms with van der Waals surface area (Å²) in [5.41, 5.74) is 0.597. The number of hydrogen-bond acceptors (Lipinski definition) is 3. The molecule has 0 amide bonds. The van der Waals surface area contributed by atoms with Crippen LogP contribution in [0.25, 0.3) is 0 Å². The Bertz CT molecular complexity index is 577. The van der Waals surface area contributed by atoms with E-state index in [0.717, 1.165) is 19.4 Å². The molecule has 0 spiro atoms. The van der Waals surface area contributed by atoms with E-state index < -0.39 is 22.4 Å². The second-order valence-corrected chi connectivity index (χ2v) is 7.25. The van der Waals surface area contributed by atoms with Crippen LogP contribution >= 0.6 is 0 Å². The zero-order chi connectivity index (χ0) is 16.6. The third-order valence-corrected chi connectivity index (χ3v) is 4.40. The number of aromatic nitrogens is 2. The van der Waals surface area contributed by atoms with Crippen LogP contribution in [0, 0.1) is 0 Å². The Hall–Kier alpha value is -1.31. The lowest BCUT2D eigenvalue weighted by molar-refractivity contribution is -0.133. The molecule has 0 N–H and O–H groups in total. The lowest BCUT2D eigenvalue weighted by Gasteiger charge is -2.02. The van der Waals surface area contributed by atoms with Gasteiger partial charge in [0, 0.05) is 24.7 Å². The summed E-state index contributed by atoms with van der Waals surface area (Å²) in [7, 11) is -3.38. The van der Waals surface area contributed by atoms with Gasteiger partial charge in [0.2, 0.25) is 0 Å². The summed E-state index contributed by atoms with van der Waals surface area (Å²) in [6.07, 6.45) is 2.39. The predicted octanol–water partition coefficient (Wildman–Crippen LogP) is 3.50. The van der Waals surface area contributed by atoms with Gasteiger partial charge >= 0.3 is 6.18 Å². The van der Waals surface area contributed by atoms with Gasteiger partial charge in [0.1, 0.15) is 0 Å². The number of hydrogen-bond donors (Lipinski definition) is 0. The Kier molecular flexibility index (Phi) is 7.12. The fraction of sp³-hybridized carbons (Fsp3) is 0.643. The minimum Gasteiger partial charge on any atom is -0.272 e. The van der Waals surface area contributed by atoms with Crippen molar-refractivity contribution in [3.63, 3.8) is 0 Å². The molecule has 4 nitrogen and oxygen atoms in total. The summed E-state index contributed by atoms with van der Waals surface area (Å²) in [6, 6.07) is 0. The smallest absolute Gasteiger partial charge is 0.272 e. The van der Waals surface area contributed by atoms with Gasteiger partial charge in [-0.1, -0.05) is 25.5 Å². The van der Waals surface area contributed by atoms with Crippen LogP contribution in [-0.4, -0.2) is 30.1 Å². The van der Waals surface area contributed by atoms with E-state index in [1.54, 1.807) is 10.9 Å². The molecule has 0 saturated carbocycles. The first-order valence-corrected chi connectivity index (χ1v) is 8.97. The highest BCUT2D eigenvalue weighted by molar-refractivity contribution is 7.90. The van der Waals surface area contributed by atoms with Crippen molar-refractivity contribution in [3.8, 4) is 0 Å². The summed E-state index contributed by atoms with van der Waals surface area (Å²) in [6.45, 7) is 2.80. The average molecular weight is 338 g/mol. The van der Waals surface area contributed by atoms with Crippen LogP contribution in [0.1, 0.15) is 38.2 Å². The van der Waals surface area contributed by atoms with Gasteiger partial charge in [-0.05, 0) is 12.8 Å². The van der Waals surface area contributed by atoms with E-state index in [1.165, 1.54) is 18.3 Å². The molecule has 126 valence electrons. The zero-order valence-electron chi connectivity index (χ0n) is 12.5. The quantitative estimate of drug-likeness (QED) is 0.648. The highest BCUT2D eigenvalue weighted by Gasteiger charge is 2.25. The van der Waals surface area contributed by atoms with Gasteiger partial charge in [0.25, 0.3) is 0 Å². The number of allylic oxidation sites excluding steroid dienone is 1. The van der Waals surface area contributed by atoms with E-state index >= 15 is 0 Å². The monoisotopic (exact) mass is 338 g/mol. The molecule has 0 atom stereocenters. The fourth-order valence-electron chi connectivity index (χ4n) is 1.82. The van der Waals surface area contributed by atoms with Crippen molar-refractivity contribution in [3.05, 3.63) is 30.1 Å². The molecule has 0 aliphatic rings. The summed E-state index contributed by atoms with van der Waals surface area (Å²) in [5, 5.41) is 4.08. The minimum absolute atomic E-state index is 0.150. The molecule has 1 aromatic heterocycles. The molecular weight excluding hydrogens is 317 g/mol. The molecular formula is C14H21F3N2O2S. The number of halogens is 3.